The topological polar surface area (TPSA) is 151 Å². The fraction of sp³-hybridized carbons (Fsp3) is 0.269. The maximum atomic E-state index is 13.6. The van der Waals surface area contributed by atoms with Gasteiger partial charge in [0.25, 0.3) is 0 Å². The highest BCUT2D eigenvalue weighted by Gasteiger charge is 2.59. The lowest BCUT2D eigenvalue weighted by molar-refractivity contribution is -0.147. The number of hydrogen-bond donors (Lipinski definition) is 3. The minimum Gasteiger partial charge on any atom is -0.508 e. The Hall–Kier alpha value is -3.76. The highest BCUT2D eigenvalue weighted by Crippen LogP contribution is 2.52. The quantitative estimate of drug-likeness (QED) is 0.411. The first-order chi connectivity index (χ1) is 17.1. The maximum Gasteiger partial charge on any atom is 0.339 e. The van der Waals surface area contributed by atoms with Gasteiger partial charge in [0.15, 0.2) is 17.1 Å². The smallest absolute Gasteiger partial charge is 0.339 e. The number of aliphatic hydroxyl groups is 3. The summed E-state index contributed by atoms with van der Waals surface area (Å²) in [5.41, 5.74) is -2.15. The van der Waals surface area contributed by atoms with Gasteiger partial charge in [-0.05, 0) is 49.2 Å². The van der Waals surface area contributed by atoms with Crippen LogP contribution in [0.2, 0.25) is 0 Å². The lowest BCUT2D eigenvalue weighted by atomic mass is 9.59. The molecule has 186 valence electrons. The Labute approximate surface area is 207 Å². The van der Waals surface area contributed by atoms with Crippen LogP contribution in [-0.2, 0) is 26.1 Å². The van der Waals surface area contributed by atoms with Crippen molar-refractivity contribution in [2.75, 3.05) is 6.54 Å². The molecule has 0 spiro atoms. The summed E-state index contributed by atoms with van der Waals surface area (Å²) in [6.45, 7) is 3.04. The first kappa shape index (κ1) is 24.0. The average Bonchev–Trinajstić information content (AvgIpc) is 2.84. The predicted molar refractivity (Wildman–Crippen MR) is 129 cm³/mol. The van der Waals surface area contributed by atoms with Crippen molar-refractivity contribution < 1.29 is 37.5 Å². The largest absolute Gasteiger partial charge is 0.508 e. The molecule has 3 atom stereocenters. The summed E-state index contributed by atoms with van der Waals surface area (Å²) in [5.74, 6) is -4.25. The number of ketones is 2. The number of hydrogen-bond acceptors (Lipinski definition) is 9. The SMILES string of the molecule is C=NCC1=C(O)[C@@]2(O)C(=O)C3=C(O)c4c(cccc4OS(=O)(=O)c4ccccc4)C[C@H]3C[C@H]2CC1=O. The molecule has 0 amide bonds. The standard InChI is InChI=1S/C26H23NO8S/c1-27-13-18-19(28)12-16-11-15-10-14-6-5-9-20(35-36(33,34)17-7-3-2-4-8-17)21(14)23(29)22(15)25(31)26(16,32)24(18)30/h2-9,15-16,29-30,32H,1,10-13H2/t15-,16-,26+/m0/s1. The van der Waals surface area contributed by atoms with E-state index in [1.165, 1.54) is 18.2 Å². The molecule has 10 heteroatoms. The molecule has 2 aromatic rings. The zero-order chi connectivity index (χ0) is 25.8. The number of Topliss-reactive ketones (excluding diaryl/α,β-unsaturated/α-hetero) is 2. The Kier molecular flexibility index (Phi) is 5.60. The van der Waals surface area contributed by atoms with E-state index in [1.54, 1.807) is 30.3 Å². The van der Waals surface area contributed by atoms with E-state index in [1.807, 2.05) is 0 Å². The van der Waals surface area contributed by atoms with Crippen LogP contribution in [0.25, 0.3) is 5.76 Å². The van der Waals surface area contributed by atoms with Crippen LogP contribution in [0.1, 0.15) is 24.0 Å². The molecule has 0 radical (unpaired) electrons. The highest BCUT2D eigenvalue weighted by atomic mass is 32.2. The molecule has 0 heterocycles. The van der Waals surface area contributed by atoms with E-state index in [9.17, 15) is 33.3 Å². The highest BCUT2D eigenvalue weighted by molar-refractivity contribution is 7.87. The van der Waals surface area contributed by atoms with Gasteiger partial charge in [0.05, 0.1) is 17.7 Å². The first-order valence-corrected chi connectivity index (χ1v) is 12.7. The van der Waals surface area contributed by atoms with E-state index in [0.717, 1.165) is 0 Å². The molecular weight excluding hydrogens is 486 g/mol. The van der Waals surface area contributed by atoms with Crippen molar-refractivity contribution in [1.29, 1.82) is 0 Å². The zero-order valence-corrected chi connectivity index (χ0v) is 19.9. The fourth-order valence-corrected chi connectivity index (χ4v) is 6.41. The molecule has 3 aliphatic carbocycles. The van der Waals surface area contributed by atoms with Gasteiger partial charge < -0.3 is 19.5 Å². The van der Waals surface area contributed by atoms with Crippen LogP contribution in [0.5, 0.6) is 5.75 Å². The molecule has 1 saturated carbocycles. The van der Waals surface area contributed by atoms with Crippen LogP contribution in [0.3, 0.4) is 0 Å². The molecule has 36 heavy (non-hydrogen) atoms. The number of carbonyl (C=O) groups is 2. The number of rotatable bonds is 5. The van der Waals surface area contributed by atoms with Crippen LogP contribution in [0.15, 0.2) is 75.3 Å². The summed E-state index contributed by atoms with van der Waals surface area (Å²) in [6.07, 6.45) is 0.238. The molecule has 0 saturated heterocycles. The Morgan fingerprint density at radius 1 is 1.06 bits per heavy atom. The third kappa shape index (κ3) is 3.48. The fourth-order valence-electron chi connectivity index (χ4n) is 5.45. The molecule has 5 rings (SSSR count). The summed E-state index contributed by atoms with van der Waals surface area (Å²) >= 11 is 0. The molecule has 9 nitrogen and oxygen atoms in total. The van der Waals surface area contributed by atoms with E-state index in [2.05, 4.69) is 11.7 Å². The van der Waals surface area contributed by atoms with Crippen LogP contribution in [0, 0.1) is 11.8 Å². The molecule has 3 N–H and O–H groups in total. The second-order valence-electron chi connectivity index (χ2n) is 9.17. The summed E-state index contributed by atoms with van der Waals surface area (Å²) in [5, 5.41) is 33.5. The zero-order valence-electron chi connectivity index (χ0n) is 19.0. The van der Waals surface area contributed by atoms with Gasteiger partial charge in [-0.25, -0.2) is 0 Å². The van der Waals surface area contributed by atoms with Gasteiger partial charge in [-0.3, -0.25) is 14.6 Å². The van der Waals surface area contributed by atoms with Crippen molar-refractivity contribution in [3.05, 3.63) is 76.6 Å². The maximum absolute atomic E-state index is 13.6. The third-order valence-electron chi connectivity index (χ3n) is 7.15. The van der Waals surface area contributed by atoms with E-state index in [4.69, 9.17) is 4.18 Å². The van der Waals surface area contributed by atoms with Crippen molar-refractivity contribution in [3.8, 4) is 5.75 Å². The number of nitrogens with zero attached hydrogens (tertiary/aromatic N) is 1. The Morgan fingerprint density at radius 2 is 1.78 bits per heavy atom. The van der Waals surface area contributed by atoms with Gasteiger partial charge in [0.1, 0.15) is 16.4 Å². The second kappa shape index (κ2) is 8.42. The third-order valence-corrected chi connectivity index (χ3v) is 8.39. The van der Waals surface area contributed by atoms with E-state index < -0.39 is 50.6 Å². The van der Waals surface area contributed by atoms with E-state index in [-0.39, 0.29) is 53.2 Å². The van der Waals surface area contributed by atoms with Crippen LogP contribution in [0.4, 0.5) is 0 Å². The lowest BCUT2D eigenvalue weighted by Gasteiger charge is -2.46. The van der Waals surface area contributed by atoms with Gasteiger partial charge in [-0.1, -0.05) is 30.3 Å². The van der Waals surface area contributed by atoms with Crippen LogP contribution in [-0.4, -0.2) is 54.2 Å². The molecule has 0 bridgehead atoms. The summed E-state index contributed by atoms with van der Waals surface area (Å²) in [7, 11) is -4.24. The van der Waals surface area contributed by atoms with Gasteiger partial charge in [0, 0.05) is 17.9 Å². The first-order valence-electron chi connectivity index (χ1n) is 11.3. The average molecular weight is 510 g/mol. The Morgan fingerprint density at radius 3 is 2.47 bits per heavy atom. The van der Waals surface area contributed by atoms with Gasteiger partial charge in [-0.15, -0.1) is 0 Å². The minimum absolute atomic E-state index is 0.0296. The summed E-state index contributed by atoms with van der Waals surface area (Å²) < 4.78 is 31.0. The molecule has 0 aromatic heterocycles. The van der Waals surface area contributed by atoms with Gasteiger partial charge in [0.2, 0.25) is 5.78 Å². The van der Waals surface area contributed by atoms with Gasteiger partial charge >= 0.3 is 10.1 Å². The number of aliphatic hydroxyl groups excluding tert-OH is 2. The van der Waals surface area contributed by atoms with Crippen LogP contribution >= 0.6 is 0 Å². The number of benzene rings is 2. The van der Waals surface area contributed by atoms with E-state index in [0.29, 0.717) is 5.56 Å². The normalized spacial score (nSPS) is 25.7. The molecular formula is C26H23NO8S. The molecule has 3 aliphatic rings. The van der Waals surface area contributed by atoms with Crippen molar-refractivity contribution in [3.63, 3.8) is 0 Å². The number of fused-ring (bicyclic) bond motifs is 3. The van der Waals surface area contributed by atoms with Gasteiger partial charge in [-0.2, -0.15) is 8.42 Å². The minimum atomic E-state index is -4.24. The number of aliphatic imine (C=N–C) groups is 1. The summed E-state index contributed by atoms with van der Waals surface area (Å²) in [4.78, 5) is 29.7. The monoisotopic (exact) mass is 509 g/mol. The molecule has 0 unspecified atom stereocenters. The lowest BCUT2D eigenvalue weighted by Crippen LogP contribution is -2.57. The van der Waals surface area contributed by atoms with Crippen molar-refractivity contribution in [2.45, 2.75) is 29.8 Å². The van der Waals surface area contributed by atoms with Crippen molar-refractivity contribution in [1.82, 2.24) is 0 Å². The van der Waals surface area contributed by atoms with E-state index >= 15 is 0 Å². The Bertz CT molecular complexity index is 1470. The molecule has 0 aliphatic heterocycles. The second-order valence-corrected chi connectivity index (χ2v) is 10.7. The molecule has 2 aromatic carbocycles. The number of carbonyl (C=O) groups excluding carboxylic acids is 2. The van der Waals surface area contributed by atoms with Crippen LogP contribution < -0.4 is 4.18 Å². The predicted octanol–water partition coefficient (Wildman–Crippen LogP) is 2.70. The summed E-state index contributed by atoms with van der Waals surface area (Å²) in [6, 6.07) is 12.1. The van der Waals surface area contributed by atoms with Crippen molar-refractivity contribution in [2.24, 2.45) is 16.8 Å². The Balaban J connectivity index is 1.62. The van der Waals surface area contributed by atoms with Crippen molar-refractivity contribution >= 4 is 34.2 Å². The molecule has 1 fully saturated rings.